The zero-order valence-electron chi connectivity index (χ0n) is 24.7. The number of halogens is 7. The van der Waals surface area contributed by atoms with Crippen molar-refractivity contribution in [3.8, 4) is 5.75 Å². The predicted molar refractivity (Wildman–Crippen MR) is 150 cm³/mol. The summed E-state index contributed by atoms with van der Waals surface area (Å²) in [5.74, 6) is -6.30. The molecule has 0 saturated heterocycles. The fourth-order valence-corrected chi connectivity index (χ4v) is 5.56. The lowest BCUT2D eigenvalue weighted by molar-refractivity contribution is -0.139. The third-order valence-corrected chi connectivity index (χ3v) is 8.23. The van der Waals surface area contributed by atoms with E-state index in [0.29, 0.717) is 29.4 Å². The number of aryl methyl sites for hydroxylation is 1. The Balaban J connectivity index is 0.000000765. The molecular formula is C29H36F7N3O3S. The van der Waals surface area contributed by atoms with Crippen LogP contribution in [0.2, 0.25) is 0 Å². The van der Waals surface area contributed by atoms with Gasteiger partial charge >= 0.3 is 12.1 Å². The molecule has 0 unspecified atom stereocenters. The van der Waals surface area contributed by atoms with Gasteiger partial charge in [0.15, 0.2) is 5.69 Å². The minimum Gasteiger partial charge on any atom is -0.488 e. The fourth-order valence-electron chi connectivity index (χ4n) is 4.62. The first-order valence-corrected chi connectivity index (χ1v) is 14.6. The van der Waals surface area contributed by atoms with Crippen LogP contribution in [-0.4, -0.2) is 60.4 Å². The Morgan fingerprint density at radius 1 is 1.12 bits per heavy atom. The number of esters is 1. The molecule has 1 fully saturated rings. The third kappa shape index (κ3) is 9.62. The van der Waals surface area contributed by atoms with Crippen LogP contribution in [0.25, 0.3) is 0 Å². The number of alkyl halides is 7. The minimum absolute atomic E-state index is 0.0276. The SMILES string of the molecule is CCC(C)(F)F.COC(=O)c1nc(C)ccc1COc1cc2c(cc1C(F)(F)F)N(C1CCC(F)(F)CC1)CCN(C)S2. The van der Waals surface area contributed by atoms with Gasteiger partial charge < -0.3 is 14.4 Å². The normalized spacial score (nSPS) is 17.8. The number of hydrogen-bond acceptors (Lipinski definition) is 7. The lowest BCUT2D eigenvalue weighted by Crippen LogP contribution is -2.43. The monoisotopic (exact) mass is 639 g/mol. The highest BCUT2D eigenvalue weighted by atomic mass is 32.2. The van der Waals surface area contributed by atoms with E-state index in [2.05, 4.69) is 4.98 Å². The molecule has 0 bridgehead atoms. The summed E-state index contributed by atoms with van der Waals surface area (Å²) in [6, 6.07) is 5.31. The molecule has 0 amide bonds. The third-order valence-electron chi connectivity index (χ3n) is 7.21. The summed E-state index contributed by atoms with van der Waals surface area (Å²) in [6.45, 7) is 4.68. The number of anilines is 1. The van der Waals surface area contributed by atoms with E-state index >= 15 is 0 Å². The number of likely N-dealkylation sites (N-methyl/N-ethyl adjacent to an activating group) is 1. The van der Waals surface area contributed by atoms with Gasteiger partial charge in [-0.3, -0.25) is 0 Å². The van der Waals surface area contributed by atoms with E-state index in [9.17, 15) is 35.5 Å². The number of rotatable bonds is 6. The highest BCUT2D eigenvalue weighted by Gasteiger charge is 2.40. The van der Waals surface area contributed by atoms with Crippen molar-refractivity contribution in [1.29, 1.82) is 0 Å². The van der Waals surface area contributed by atoms with E-state index in [1.165, 1.54) is 32.0 Å². The molecule has 2 aromatic rings. The van der Waals surface area contributed by atoms with Crippen molar-refractivity contribution in [3.05, 3.63) is 46.8 Å². The smallest absolute Gasteiger partial charge is 0.420 e. The fraction of sp³-hybridized carbons (Fsp3) is 0.586. The van der Waals surface area contributed by atoms with Crippen LogP contribution in [0.1, 0.15) is 73.3 Å². The van der Waals surface area contributed by atoms with Gasteiger partial charge in [0.1, 0.15) is 12.4 Å². The van der Waals surface area contributed by atoms with Crippen molar-refractivity contribution in [3.63, 3.8) is 0 Å². The second-order valence-corrected chi connectivity index (χ2v) is 11.9. The van der Waals surface area contributed by atoms with E-state index < -0.39 is 29.6 Å². The quantitative estimate of drug-likeness (QED) is 0.180. The maximum atomic E-state index is 14.2. The van der Waals surface area contributed by atoms with Crippen LogP contribution in [0.15, 0.2) is 29.2 Å². The number of pyridine rings is 1. The van der Waals surface area contributed by atoms with Gasteiger partial charge in [-0.05, 0) is 63.9 Å². The Morgan fingerprint density at radius 3 is 2.30 bits per heavy atom. The van der Waals surface area contributed by atoms with Crippen molar-refractivity contribution in [2.75, 3.05) is 32.1 Å². The maximum absolute atomic E-state index is 14.2. The number of aromatic nitrogens is 1. The highest BCUT2D eigenvalue weighted by Crippen LogP contribution is 2.47. The number of hydrogen-bond donors (Lipinski definition) is 0. The van der Waals surface area contributed by atoms with Crippen molar-refractivity contribution >= 4 is 23.6 Å². The number of ether oxygens (including phenoxy) is 2. The molecule has 0 spiro atoms. The van der Waals surface area contributed by atoms with Crippen LogP contribution in [0, 0.1) is 6.92 Å². The molecule has 2 aliphatic rings. The molecule has 14 heteroatoms. The van der Waals surface area contributed by atoms with Crippen LogP contribution in [-0.2, 0) is 17.5 Å². The molecular weight excluding hydrogens is 603 g/mol. The van der Waals surface area contributed by atoms with Crippen molar-refractivity contribution in [2.24, 2.45) is 0 Å². The largest absolute Gasteiger partial charge is 0.488 e. The van der Waals surface area contributed by atoms with Crippen molar-refractivity contribution in [1.82, 2.24) is 9.29 Å². The van der Waals surface area contributed by atoms with Gasteiger partial charge in [0.25, 0.3) is 0 Å². The van der Waals surface area contributed by atoms with Crippen LogP contribution >= 0.6 is 11.9 Å². The first kappa shape index (κ1) is 34.7. The first-order valence-electron chi connectivity index (χ1n) is 13.8. The molecule has 43 heavy (non-hydrogen) atoms. The van der Waals surface area contributed by atoms with Gasteiger partial charge in [-0.2, -0.15) is 13.2 Å². The van der Waals surface area contributed by atoms with E-state index in [0.717, 1.165) is 13.0 Å². The van der Waals surface area contributed by atoms with Crippen LogP contribution in [0.3, 0.4) is 0 Å². The molecule has 1 aliphatic heterocycles. The molecule has 0 N–H and O–H groups in total. The van der Waals surface area contributed by atoms with E-state index in [-0.39, 0.29) is 61.8 Å². The molecule has 0 atom stereocenters. The summed E-state index contributed by atoms with van der Waals surface area (Å²) >= 11 is 1.28. The molecule has 0 radical (unpaired) electrons. The predicted octanol–water partition coefficient (Wildman–Crippen LogP) is 8.16. The van der Waals surface area contributed by atoms with E-state index in [4.69, 9.17) is 9.47 Å². The van der Waals surface area contributed by atoms with Gasteiger partial charge in [-0.15, -0.1) is 0 Å². The molecule has 1 aliphatic carbocycles. The topological polar surface area (TPSA) is 54.9 Å². The Labute approximate surface area is 251 Å². The molecule has 6 nitrogen and oxygen atoms in total. The summed E-state index contributed by atoms with van der Waals surface area (Å²) in [5.41, 5.74) is 0.194. The lowest BCUT2D eigenvalue weighted by Gasteiger charge is -2.38. The molecule has 1 saturated carbocycles. The Hall–Kier alpha value is -2.74. The Bertz CT molecular complexity index is 1260. The number of carbonyl (C=O) groups is 1. The maximum Gasteiger partial charge on any atom is 0.420 e. The second kappa shape index (κ2) is 13.9. The van der Waals surface area contributed by atoms with Crippen LogP contribution in [0.4, 0.5) is 36.4 Å². The van der Waals surface area contributed by atoms with Gasteiger partial charge in [0.05, 0.1) is 23.3 Å². The minimum atomic E-state index is -4.73. The summed E-state index contributed by atoms with van der Waals surface area (Å²) in [4.78, 5) is 18.6. The highest BCUT2D eigenvalue weighted by molar-refractivity contribution is 7.97. The number of nitrogens with zero attached hydrogens (tertiary/aromatic N) is 3. The molecule has 240 valence electrons. The zero-order valence-corrected chi connectivity index (χ0v) is 25.5. The summed E-state index contributed by atoms with van der Waals surface area (Å²) in [7, 11) is 3.02. The Morgan fingerprint density at radius 2 is 1.74 bits per heavy atom. The molecule has 1 aromatic heterocycles. The van der Waals surface area contributed by atoms with Gasteiger partial charge in [0.2, 0.25) is 11.8 Å². The Kier molecular flexibility index (Phi) is 11.2. The standard InChI is InChI=1S/C25H28F5N3O3S.C4H8F2/c1-15-4-5-16(22(31-15)23(34)35-3)14-36-20-13-21-19(12-18(20)25(28,29)30)33(11-10-32(2)37-21)17-6-8-24(26,27)9-7-17;1-3-4(2,5)6/h4-5,12-13,17H,6-11,14H2,1-3H3;3H2,1-2H3. The van der Waals surface area contributed by atoms with Crippen molar-refractivity contribution in [2.45, 2.75) is 88.4 Å². The van der Waals surface area contributed by atoms with Gasteiger partial charge in [-0.25, -0.2) is 31.6 Å². The lowest BCUT2D eigenvalue weighted by atomic mass is 9.90. The number of methoxy groups -OCH3 is 1. The number of carbonyl (C=O) groups excluding carboxylic acids is 1. The summed E-state index contributed by atoms with van der Waals surface area (Å²) in [6.07, 6.45) is -4.95. The van der Waals surface area contributed by atoms with Crippen molar-refractivity contribution < 1.29 is 45.0 Å². The summed E-state index contributed by atoms with van der Waals surface area (Å²) < 4.78 is 105. The van der Waals surface area contributed by atoms with Crippen LogP contribution < -0.4 is 9.64 Å². The van der Waals surface area contributed by atoms with Gasteiger partial charge in [0, 0.05) is 49.7 Å². The molecule has 4 rings (SSSR count). The average molecular weight is 640 g/mol. The second-order valence-electron chi connectivity index (χ2n) is 10.7. The van der Waals surface area contributed by atoms with Gasteiger partial charge in [-0.1, -0.05) is 13.0 Å². The number of fused-ring (bicyclic) bond motifs is 1. The number of benzene rings is 1. The molecule has 1 aromatic carbocycles. The first-order chi connectivity index (χ1) is 19.9. The molecule has 2 heterocycles. The average Bonchev–Trinajstić information content (AvgIpc) is 3.08. The van der Waals surface area contributed by atoms with E-state index in [1.807, 2.05) is 16.3 Å². The zero-order chi connectivity index (χ0) is 32.2. The van der Waals surface area contributed by atoms with Crippen LogP contribution in [0.5, 0.6) is 5.75 Å². The van der Waals surface area contributed by atoms with E-state index in [1.54, 1.807) is 19.1 Å². The summed E-state index contributed by atoms with van der Waals surface area (Å²) in [5, 5.41) is 0.